The van der Waals surface area contributed by atoms with Crippen molar-refractivity contribution in [2.24, 2.45) is 0 Å². The Morgan fingerprint density at radius 3 is 2.17 bits per heavy atom. The second-order valence-electron chi connectivity index (χ2n) is 7.25. The van der Waals surface area contributed by atoms with Gasteiger partial charge in [-0.25, -0.2) is 9.97 Å². The Balaban J connectivity index is 2.63. The molecule has 0 radical (unpaired) electrons. The zero-order valence-corrected chi connectivity index (χ0v) is 12.5. The zero-order valence-electron chi connectivity index (χ0n) is 12.5. The molecule has 18 heavy (non-hydrogen) atoms. The molecule has 0 atom stereocenters. The molecule has 0 aromatic carbocycles. The number of hydrogen-bond acceptors (Lipinski definition) is 3. The molecule has 0 unspecified atom stereocenters. The summed E-state index contributed by atoms with van der Waals surface area (Å²) in [5, 5.41) is 3.41. The maximum absolute atomic E-state index is 4.89. The van der Waals surface area contributed by atoms with Crippen molar-refractivity contribution in [2.45, 2.75) is 65.3 Å². The van der Waals surface area contributed by atoms with Gasteiger partial charge in [-0.05, 0) is 18.5 Å². The van der Waals surface area contributed by atoms with Crippen molar-refractivity contribution in [1.82, 2.24) is 15.3 Å². The molecule has 100 valence electrons. The Bertz CT molecular complexity index is 450. The third kappa shape index (κ3) is 2.56. The lowest BCUT2D eigenvalue weighted by Crippen LogP contribution is -2.32. The first-order valence-corrected chi connectivity index (χ1v) is 6.81. The summed E-state index contributed by atoms with van der Waals surface area (Å²) < 4.78 is 0. The van der Waals surface area contributed by atoms with E-state index in [2.05, 4.69) is 46.9 Å². The third-order valence-corrected chi connectivity index (χ3v) is 3.32. The van der Waals surface area contributed by atoms with E-state index in [0.717, 1.165) is 25.3 Å². The van der Waals surface area contributed by atoms with Crippen molar-refractivity contribution in [3.05, 3.63) is 22.8 Å². The highest BCUT2D eigenvalue weighted by atomic mass is 15.0. The average molecular weight is 247 g/mol. The van der Waals surface area contributed by atoms with E-state index >= 15 is 0 Å². The van der Waals surface area contributed by atoms with Gasteiger partial charge in [-0.1, -0.05) is 41.5 Å². The number of nitrogens with zero attached hydrogens (tertiary/aromatic N) is 2. The predicted molar refractivity (Wildman–Crippen MR) is 74.8 cm³/mol. The van der Waals surface area contributed by atoms with E-state index in [1.54, 1.807) is 0 Å². The molecule has 1 aliphatic heterocycles. The fourth-order valence-electron chi connectivity index (χ4n) is 2.32. The average Bonchev–Trinajstić information content (AvgIpc) is 2.25. The molecular weight excluding hydrogens is 222 g/mol. The summed E-state index contributed by atoms with van der Waals surface area (Å²) in [5.41, 5.74) is 3.90. The second-order valence-corrected chi connectivity index (χ2v) is 7.25. The van der Waals surface area contributed by atoms with E-state index in [1.807, 2.05) is 0 Å². The normalized spacial score (nSPS) is 16.6. The van der Waals surface area contributed by atoms with E-state index < -0.39 is 0 Å². The fourth-order valence-corrected chi connectivity index (χ4v) is 2.32. The van der Waals surface area contributed by atoms with Crippen molar-refractivity contribution >= 4 is 0 Å². The number of rotatable bonds is 0. The highest BCUT2D eigenvalue weighted by molar-refractivity contribution is 5.33. The Kier molecular flexibility index (Phi) is 3.22. The van der Waals surface area contributed by atoms with Gasteiger partial charge in [0.25, 0.3) is 0 Å². The second kappa shape index (κ2) is 4.30. The summed E-state index contributed by atoms with van der Waals surface area (Å²) >= 11 is 0. The summed E-state index contributed by atoms with van der Waals surface area (Å²) in [6.07, 6.45) is 1.05. The fraction of sp³-hybridized carbons (Fsp3) is 0.733. The van der Waals surface area contributed by atoms with E-state index in [1.165, 1.54) is 17.0 Å². The summed E-state index contributed by atoms with van der Waals surface area (Å²) in [6, 6.07) is 0. The SMILES string of the molecule is CC(C)(C)c1nc2c(c(C(C)(C)C)n1)CCNC2. The predicted octanol–water partition coefficient (Wildman–Crippen LogP) is 2.72. The van der Waals surface area contributed by atoms with Crippen molar-refractivity contribution in [1.29, 1.82) is 0 Å². The third-order valence-electron chi connectivity index (χ3n) is 3.32. The van der Waals surface area contributed by atoms with Crippen LogP contribution in [0.4, 0.5) is 0 Å². The maximum atomic E-state index is 4.89. The van der Waals surface area contributed by atoms with Gasteiger partial charge in [0.05, 0.1) is 11.4 Å². The van der Waals surface area contributed by atoms with Gasteiger partial charge in [0.1, 0.15) is 5.82 Å². The molecule has 2 heterocycles. The molecule has 1 aromatic rings. The van der Waals surface area contributed by atoms with Crippen LogP contribution in [0.5, 0.6) is 0 Å². The standard InChI is InChI=1S/C15H25N3/c1-14(2,3)12-10-7-8-16-9-11(10)17-13(18-12)15(4,5)6/h16H,7-9H2,1-6H3. The molecule has 0 aliphatic carbocycles. The van der Waals surface area contributed by atoms with Gasteiger partial charge >= 0.3 is 0 Å². The summed E-state index contributed by atoms with van der Waals surface area (Å²) in [7, 11) is 0. The topological polar surface area (TPSA) is 37.8 Å². The lowest BCUT2D eigenvalue weighted by atomic mass is 9.85. The van der Waals surface area contributed by atoms with Crippen LogP contribution in [-0.4, -0.2) is 16.5 Å². The van der Waals surface area contributed by atoms with Crippen molar-refractivity contribution < 1.29 is 0 Å². The van der Waals surface area contributed by atoms with Crippen LogP contribution >= 0.6 is 0 Å². The van der Waals surface area contributed by atoms with Gasteiger partial charge in [0, 0.05) is 17.4 Å². The van der Waals surface area contributed by atoms with Crippen LogP contribution < -0.4 is 5.32 Å². The van der Waals surface area contributed by atoms with E-state index in [9.17, 15) is 0 Å². The molecule has 1 N–H and O–H groups in total. The summed E-state index contributed by atoms with van der Waals surface area (Å²) in [4.78, 5) is 9.67. The molecular formula is C15H25N3. The summed E-state index contributed by atoms with van der Waals surface area (Å²) in [5.74, 6) is 0.967. The van der Waals surface area contributed by atoms with Crippen LogP contribution in [0.25, 0.3) is 0 Å². The molecule has 0 amide bonds. The first-order chi connectivity index (χ1) is 8.19. The number of hydrogen-bond donors (Lipinski definition) is 1. The quantitative estimate of drug-likeness (QED) is 0.766. The maximum Gasteiger partial charge on any atom is 0.134 e. The first-order valence-electron chi connectivity index (χ1n) is 6.81. The molecule has 3 nitrogen and oxygen atoms in total. The van der Waals surface area contributed by atoms with Crippen LogP contribution in [-0.2, 0) is 23.8 Å². The molecule has 1 aromatic heterocycles. The molecule has 0 saturated heterocycles. The minimum Gasteiger partial charge on any atom is -0.311 e. The largest absolute Gasteiger partial charge is 0.311 e. The number of aromatic nitrogens is 2. The molecule has 3 heteroatoms. The Hall–Kier alpha value is -0.960. The van der Waals surface area contributed by atoms with E-state index in [4.69, 9.17) is 9.97 Å². The smallest absolute Gasteiger partial charge is 0.134 e. The van der Waals surface area contributed by atoms with Crippen molar-refractivity contribution in [3.8, 4) is 0 Å². The number of nitrogens with one attached hydrogen (secondary N) is 1. The van der Waals surface area contributed by atoms with Crippen LogP contribution in [0.3, 0.4) is 0 Å². The van der Waals surface area contributed by atoms with Gasteiger partial charge in [-0.3, -0.25) is 0 Å². The lowest BCUT2D eigenvalue weighted by molar-refractivity contribution is 0.488. The Morgan fingerprint density at radius 1 is 0.944 bits per heavy atom. The first kappa shape index (κ1) is 13.5. The molecule has 1 aliphatic rings. The van der Waals surface area contributed by atoms with Gasteiger partial charge in [-0.2, -0.15) is 0 Å². The van der Waals surface area contributed by atoms with E-state index in [-0.39, 0.29) is 10.8 Å². The van der Waals surface area contributed by atoms with Gasteiger partial charge in [0.2, 0.25) is 0 Å². The minimum atomic E-state index is 0.00643. The minimum absolute atomic E-state index is 0.00643. The lowest BCUT2D eigenvalue weighted by Gasteiger charge is -2.29. The van der Waals surface area contributed by atoms with Crippen LogP contribution in [0, 0.1) is 0 Å². The molecule has 0 spiro atoms. The Morgan fingerprint density at radius 2 is 1.61 bits per heavy atom. The van der Waals surface area contributed by atoms with Crippen LogP contribution in [0.15, 0.2) is 0 Å². The van der Waals surface area contributed by atoms with Crippen molar-refractivity contribution in [2.75, 3.05) is 6.54 Å². The molecule has 0 bridgehead atoms. The van der Waals surface area contributed by atoms with E-state index in [0.29, 0.717) is 0 Å². The highest BCUT2D eigenvalue weighted by Crippen LogP contribution is 2.30. The molecule has 0 fully saturated rings. The molecule has 2 rings (SSSR count). The Labute approximate surface area is 110 Å². The zero-order chi connectivity index (χ0) is 13.6. The highest BCUT2D eigenvalue weighted by Gasteiger charge is 2.28. The van der Waals surface area contributed by atoms with Crippen molar-refractivity contribution in [3.63, 3.8) is 0 Å². The van der Waals surface area contributed by atoms with Gasteiger partial charge in [0.15, 0.2) is 0 Å². The summed E-state index contributed by atoms with van der Waals surface area (Å²) in [6.45, 7) is 15.2. The number of fused-ring (bicyclic) bond motifs is 1. The van der Waals surface area contributed by atoms with Gasteiger partial charge < -0.3 is 5.32 Å². The van der Waals surface area contributed by atoms with Crippen LogP contribution in [0.2, 0.25) is 0 Å². The van der Waals surface area contributed by atoms with Gasteiger partial charge in [-0.15, -0.1) is 0 Å². The monoisotopic (exact) mass is 247 g/mol. The van der Waals surface area contributed by atoms with Crippen LogP contribution in [0.1, 0.15) is 64.3 Å². The molecule has 0 saturated carbocycles.